The molecule has 0 aliphatic carbocycles. The Bertz CT molecular complexity index is 365. The van der Waals surface area contributed by atoms with E-state index < -0.39 is 0 Å². The second kappa shape index (κ2) is 5.17. The van der Waals surface area contributed by atoms with E-state index in [-0.39, 0.29) is 0 Å². The van der Waals surface area contributed by atoms with E-state index in [9.17, 15) is 0 Å². The smallest absolute Gasteiger partial charge is 0.0453 e. The molecule has 1 aromatic carbocycles. The predicted octanol–water partition coefficient (Wildman–Crippen LogP) is 2.44. The monoisotopic (exact) mass is 238 g/mol. The van der Waals surface area contributed by atoms with Gasteiger partial charge in [0.25, 0.3) is 0 Å². The van der Waals surface area contributed by atoms with Gasteiger partial charge in [0.15, 0.2) is 0 Å². The molecule has 1 aliphatic heterocycles. The Labute approximate surface area is 103 Å². The zero-order chi connectivity index (χ0) is 11.5. The maximum atomic E-state index is 6.24. The Morgan fingerprint density at radius 1 is 1.50 bits per heavy atom. The van der Waals surface area contributed by atoms with Crippen molar-refractivity contribution in [1.82, 2.24) is 10.2 Å². The minimum atomic E-state index is 0.643. The highest BCUT2D eigenvalue weighted by atomic mass is 35.5. The van der Waals surface area contributed by atoms with Crippen LogP contribution in [0.1, 0.15) is 17.5 Å². The summed E-state index contributed by atoms with van der Waals surface area (Å²) in [6.07, 6.45) is 1.24. The van der Waals surface area contributed by atoms with Gasteiger partial charge in [-0.15, -0.1) is 0 Å². The van der Waals surface area contributed by atoms with Gasteiger partial charge in [0, 0.05) is 30.7 Å². The van der Waals surface area contributed by atoms with Crippen LogP contribution in [0.3, 0.4) is 0 Å². The number of aryl methyl sites for hydroxylation is 1. The Balaban J connectivity index is 1.99. The van der Waals surface area contributed by atoms with Crippen LogP contribution in [0.5, 0.6) is 0 Å². The third-order valence-electron chi connectivity index (χ3n) is 3.28. The fraction of sp³-hybridized carbons (Fsp3) is 0.538. The third kappa shape index (κ3) is 2.76. The van der Waals surface area contributed by atoms with Gasteiger partial charge >= 0.3 is 0 Å². The Kier molecular flexibility index (Phi) is 3.85. The summed E-state index contributed by atoms with van der Waals surface area (Å²) in [5, 5.41) is 4.22. The van der Waals surface area contributed by atoms with E-state index in [1.807, 2.05) is 13.1 Å². The van der Waals surface area contributed by atoms with Crippen molar-refractivity contribution < 1.29 is 0 Å². The van der Waals surface area contributed by atoms with Crippen LogP contribution in [0.25, 0.3) is 0 Å². The van der Waals surface area contributed by atoms with Crippen molar-refractivity contribution >= 4 is 11.6 Å². The van der Waals surface area contributed by atoms with Crippen LogP contribution in [-0.2, 0) is 6.54 Å². The summed E-state index contributed by atoms with van der Waals surface area (Å²) < 4.78 is 0. The van der Waals surface area contributed by atoms with Gasteiger partial charge in [-0.1, -0.05) is 23.7 Å². The van der Waals surface area contributed by atoms with Crippen molar-refractivity contribution in [2.45, 2.75) is 25.9 Å². The van der Waals surface area contributed by atoms with Gasteiger partial charge in [0.2, 0.25) is 0 Å². The summed E-state index contributed by atoms with van der Waals surface area (Å²) in [5.41, 5.74) is 2.47. The molecular formula is C13H19ClN2. The first-order valence-corrected chi connectivity index (χ1v) is 6.21. The Hall–Kier alpha value is -0.570. The van der Waals surface area contributed by atoms with E-state index in [0.717, 1.165) is 24.7 Å². The summed E-state index contributed by atoms with van der Waals surface area (Å²) >= 11 is 6.24. The second-order valence-corrected chi connectivity index (χ2v) is 5.01. The van der Waals surface area contributed by atoms with Crippen molar-refractivity contribution in [3.63, 3.8) is 0 Å². The predicted molar refractivity (Wildman–Crippen MR) is 68.9 cm³/mol. The van der Waals surface area contributed by atoms with Crippen molar-refractivity contribution in [3.8, 4) is 0 Å². The van der Waals surface area contributed by atoms with E-state index in [0.29, 0.717) is 6.04 Å². The van der Waals surface area contributed by atoms with E-state index in [1.165, 1.54) is 17.5 Å². The summed E-state index contributed by atoms with van der Waals surface area (Å²) in [6, 6.07) is 6.96. The summed E-state index contributed by atoms with van der Waals surface area (Å²) in [4.78, 5) is 2.46. The van der Waals surface area contributed by atoms with Crippen molar-refractivity contribution in [2.24, 2.45) is 0 Å². The van der Waals surface area contributed by atoms with Gasteiger partial charge in [0.05, 0.1) is 0 Å². The van der Waals surface area contributed by atoms with Crippen molar-refractivity contribution in [1.29, 1.82) is 0 Å². The fourth-order valence-electron chi connectivity index (χ4n) is 2.23. The number of hydrogen-bond acceptors (Lipinski definition) is 2. The molecule has 1 heterocycles. The Morgan fingerprint density at radius 3 is 2.94 bits per heavy atom. The summed E-state index contributed by atoms with van der Waals surface area (Å²) in [6.45, 7) is 5.33. The number of hydrogen-bond donors (Lipinski definition) is 1. The third-order valence-corrected chi connectivity index (χ3v) is 3.63. The highest BCUT2D eigenvalue weighted by Gasteiger charge is 2.21. The van der Waals surface area contributed by atoms with Crippen LogP contribution < -0.4 is 5.32 Å². The molecule has 1 aliphatic rings. The van der Waals surface area contributed by atoms with Crippen LogP contribution in [0, 0.1) is 6.92 Å². The molecular weight excluding hydrogens is 220 g/mol. The minimum absolute atomic E-state index is 0.643. The normalized spacial score (nSPS) is 21.6. The molecule has 2 rings (SSSR count). The molecule has 2 nitrogen and oxygen atoms in total. The van der Waals surface area contributed by atoms with Crippen LogP contribution in [0.15, 0.2) is 18.2 Å². The van der Waals surface area contributed by atoms with Crippen molar-refractivity contribution in [3.05, 3.63) is 34.3 Å². The first kappa shape index (κ1) is 11.9. The molecule has 0 saturated carbocycles. The number of nitrogens with one attached hydrogen (secondary N) is 1. The van der Waals surface area contributed by atoms with Gasteiger partial charge in [-0.25, -0.2) is 0 Å². The summed E-state index contributed by atoms with van der Waals surface area (Å²) in [7, 11) is 2.03. The molecule has 1 atom stereocenters. The molecule has 1 saturated heterocycles. The lowest BCUT2D eigenvalue weighted by Gasteiger charge is -2.17. The lowest BCUT2D eigenvalue weighted by Crippen LogP contribution is -2.29. The highest BCUT2D eigenvalue weighted by molar-refractivity contribution is 6.31. The van der Waals surface area contributed by atoms with E-state index in [2.05, 4.69) is 29.3 Å². The number of likely N-dealkylation sites (N-methyl/N-ethyl adjacent to an activating group) is 1. The molecule has 88 valence electrons. The lowest BCUT2D eigenvalue weighted by atomic mass is 10.1. The molecule has 1 aromatic rings. The maximum absolute atomic E-state index is 6.24. The molecule has 1 unspecified atom stereocenters. The van der Waals surface area contributed by atoms with E-state index >= 15 is 0 Å². The molecule has 0 amide bonds. The van der Waals surface area contributed by atoms with Crippen molar-refractivity contribution in [2.75, 3.05) is 20.1 Å². The molecule has 0 spiro atoms. The van der Waals surface area contributed by atoms with Crippen LogP contribution >= 0.6 is 11.6 Å². The molecule has 16 heavy (non-hydrogen) atoms. The molecule has 1 fully saturated rings. The maximum Gasteiger partial charge on any atom is 0.0453 e. The molecule has 0 aromatic heterocycles. The average molecular weight is 239 g/mol. The zero-order valence-corrected chi connectivity index (χ0v) is 10.7. The Morgan fingerprint density at radius 2 is 2.31 bits per heavy atom. The minimum Gasteiger partial charge on any atom is -0.316 e. The number of benzene rings is 1. The molecule has 0 bridgehead atoms. The number of likely N-dealkylation sites (tertiary alicyclic amines) is 1. The quantitative estimate of drug-likeness (QED) is 0.870. The van der Waals surface area contributed by atoms with E-state index in [4.69, 9.17) is 11.6 Å². The van der Waals surface area contributed by atoms with Gasteiger partial charge in [0.1, 0.15) is 0 Å². The van der Waals surface area contributed by atoms with Gasteiger partial charge in [-0.2, -0.15) is 0 Å². The standard InChI is InChI=1S/C13H19ClN2/c1-10-3-4-11(13(14)7-10)8-16-6-5-12(9-16)15-2/h3-4,7,12,15H,5-6,8-9H2,1-2H3. The van der Waals surface area contributed by atoms with Gasteiger partial charge in [-0.05, 0) is 37.6 Å². The highest BCUT2D eigenvalue weighted by Crippen LogP contribution is 2.21. The van der Waals surface area contributed by atoms with Crippen LogP contribution in [0.2, 0.25) is 5.02 Å². The topological polar surface area (TPSA) is 15.3 Å². The lowest BCUT2D eigenvalue weighted by molar-refractivity contribution is 0.322. The fourth-order valence-corrected chi connectivity index (χ4v) is 2.53. The van der Waals surface area contributed by atoms with Crippen LogP contribution in [0.4, 0.5) is 0 Å². The second-order valence-electron chi connectivity index (χ2n) is 4.60. The molecule has 3 heteroatoms. The first-order valence-electron chi connectivity index (χ1n) is 5.83. The average Bonchev–Trinajstić information content (AvgIpc) is 2.70. The van der Waals surface area contributed by atoms with Gasteiger partial charge in [-0.3, -0.25) is 4.90 Å². The summed E-state index contributed by atoms with van der Waals surface area (Å²) in [5.74, 6) is 0. The number of rotatable bonds is 3. The number of halogens is 1. The number of nitrogens with zero attached hydrogens (tertiary/aromatic N) is 1. The molecule has 0 radical (unpaired) electrons. The van der Waals surface area contributed by atoms with E-state index in [1.54, 1.807) is 0 Å². The van der Waals surface area contributed by atoms with Crippen LogP contribution in [-0.4, -0.2) is 31.1 Å². The SMILES string of the molecule is CNC1CCN(Cc2ccc(C)cc2Cl)C1. The first-order chi connectivity index (χ1) is 7.69. The largest absolute Gasteiger partial charge is 0.316 e. The zero-order valence-electron chi connectivity index (χ0n) is 9.96. The molecule has 1 N–H and O–H groups in total. The van der Waals surface area contributed by atoms with Gasteiger partial charge < -0.3 is 5.32 Å².